The van der Waals surface area contributed by atoms with Gasteiger partial charge in [0.15, 0.2) is 0 Å². The van der Waals surface area contributed by atoms with Gasteiger partial charge in [0.05, 0.1) is 13.2 Å². The number of aromatic nitrogens is 2. The molecule has 3 rings (SSSR count). The number of hydrogen-bond acceptors (Lipinski definition) is 6. The maximum Gasteiger partial charge on any atom is 0.409 e. The molecular formula is C17H22N4O3. The van der Waals surface area contributed by atoms with E-state index in [1.807, 2.05) is 38.1 Å². The first kappa shape index (κ1) is 16.4. The Morgan fingerprint density at radius 2 is 2.29 bits per heavy atom. The third kappa shape index (κ3) is 3.73. The summed E-state index contributed by atoms with van der Waals surface area (Å²) in [5, 5.41) is 7.41. The van der Waals surface area contributed by atoms with Crippen molar-refractivity contribution in [2.24, 2.45) is 0 Å². The number of carbonyl (C=O) groups is 1. The molecule has 0 spiro atoms. The molecular weight excluding hydrogens is 308 g/mol. The number of amides is 1. The van der Waals surface area contributed by atoms with Crippen molar-refractivity contribution < 1.29 is 14.1 Å². The van der Waals surface area contributed by atoms with Crippen molar-refractivity contribution in [2.45, 2.75) is 32.9 Å². The number of nitrogens with zero attached hydrogens (tertiary/aromatic N) is 3. The van der Waals surface area contributed by atoms with Gasteiger partial charge in [-0.2, -0.15) is 4.98 Å². The van der Waals surface area contributed by atoms with Gasteiger partial charge in [-0.25, -0.2) is 4.79 Å². The third-order valence-electron chi connectivity index (χ3n) is 4.11. The molecule has 0 unspecified atom stereocenters. The van der Waals surface area contributed by atoms with Gasteiger partial charge in [-0.1, -0.05) is 29.4 Å². The van der Waals surface area contributed by atoms with Crippen LogP contribution in [0.1, 0.15) is 24.8 Å². The molecule has 1 N–H and O–H groups in total. The zero-order chi connectivity index (χ0) is 16.9. The fourth-order valence-electron chi connectivity index (χ4n) is 2.80. The highest BCUT2D eigenvalue weighted by molar-refractivity contribution is 5.68. The summed E-state index contributed by atoms with van der Waals surface area (Å²) in [6, 6.07) is 8.15. The van der Waals surface area contributed by atoms with Crippen LogP contribution in [0.25, 0.3) is 11.4 Å². The molecule has 2 heterocycles. The van der Waals surface area contributed by atoms with Crippen molar-refractivity contribution in [3.05, 3.63) is 35.7 Å². The minimum Gasteiger partial charge on any atom is -0.450 e. The highest BCUT2D eigenvalue weighted by Crippen LogP contribution is 2.20. The summed E-state index contributed by atoms with van der Waals surface area (Å²) >= 11 is 0. The van der Waals surface area contributed by atoms with Crippen LogP contribution in [0.15, 0.2) is 28.8 Å². The predicted molar refractivity (Wildman–Crippen MR) is 88.3 cm³/mol. The minimum atomic E-state index is -0.249. The molecule has 1 amide bonds. The highest BCUT2D eigenvalue weighted by atomic mass is 16.6. The topological polar surface area (TPSA) is 80.5 Å². The lowest BCUT2D eigenvalue weighted by Crippen LogP contribution is -2.35. The number of rotatable bonds is 5. The number of ether oxygens (including phenoxy) is 1. The Morgan fingerprint density at radius 1 is 1.46 bits per heavy atom. The summed E-state index contributed by atoms with van der Waals surface area (Å²) in [6.07, 6.45) is 0.638. The van der Waals surface area contributed by atoms with E-state index in [4.69, 9.17) is 9.26 Å². The van der Waals surface area contributed by atoms with Crippen LogP contribution in [0.4, 0.5) is 4.79 Å². The monoisotopic (exact) mass is 330 g/mol. The summed E-state index contributed by atoms with van der Waals surface area (Å²) in [6.45, 7) is 6.06. The standard InChI is InChI=1S/C17H22N4O3/c1-3-23-17(22)21-9-8-13(11-21)18-10-15-19-16(20-24-15)14-7-5-4-6-12(14)2/h4-7,13,18H,3,8-11H2,1-2H3/t13-/m1/s1. The fraction of sp³-hybridized carbons (Fsp3) is 0.471. The molecule has 1 atom stereocenters. The van der Waals surface area contributed by atoms with Crippen LogP contribution in [-0.2, 0) is 11.3 Å². The largest absolute Gasteiger partial charge is 0.450 e. The van der Waals surface area contributed by atoms with E-state index in [0.29, 0.717) is 38.0 Å². The van der Waals surface area contributed by atoms with Crippen molar-refractivity contribution in [1.29, 1.82) is 0 Å². The van der Waals surface area contributed by atoms with E-state index in [2.05, 4.69) is 15.5 Å². The summed E-state index contributed by atoms with van der Waals surface area (Å²) in [5.74, 6) is 1.15. The second-order valence-corrected chi connectivity index (χ2v) is 5.84. The van der Waals surface area contributed by atoms with Crippen LogP contribution in [0.5, 0.6) is 0 Å². The first-order valence-electron chi connectivity index (χ1n) is 8.21. The van der Waals surface area contributed by atoms with Gasteiger partial charge in [0.1, 0.15) is 0 Å². The van der Waals surface area contributed by atoms with Crippen LogP contribution >= 0.6 is 0 Å². The molecule has 1 aliphatic heterocycles. The summed E-state index contributed by atoms with van der Waals surface area (Å²) in [5.41, 5.74) is 2.08. The Kier molecular flexibility index (Phi) is 5.10. The summed E-state index contributed by atoms with van der Waals surface area (Å²) in [7, 11) is 0. The van der Waals surface area contributed by atoms with Crippen molar-refractivity contribution in [1.82, 2.24) is 20.4 Å². The number of nitrogens with one attached hydrogen (secondary N) is 1. The molecule has 1 aromatic carbocycles. The molecule has 1 aromatic heterocycles. The van der Waals surface area contributed by atoms with Crippen molar-refractivity contribution in [3.8, 4) is 11.4 Å². The molecule has 0 saturated carbocycles. The van der Waals surface area contributed by atoms with Crippen molar-refractivity contribution in [3.63, 3.8) is 0 Å². The van der Waals surface area contributed by atoms with E-state index >= 15 is 0 Å². The lowest BCUT2D eigenvalue weighted by molar-refractivity contribution is 0.115. The van der Waals surface area contributed by atoms with Crippen LogP contribution < -0.4 is 5.32 Å². The SMILES string of the molecule is CCOC(=O)N1CC[C@@H](NCc2nc(-c3ccccc3C)no2)C1. The van der Waals surface area contributed by atoms with Gasteiger partial charge in [-0.05, 0) is 25.8 Å². The first-order valence-corrected chi connectivity index (χ1v) is 8.21. The van der Waals surface area contributed by atoms with Crippen LogP contribution in [0.2, 0.25) is 0 Å². The Bertz CT molecular complexity index is 701. The smallest absolute Gasteiger partial charge is 0.409 e. The zero-order valence-corrected chi connectivity index (χ0v) is 14.0. The lowest BCUT2D eigenvalue weighted by Gasteiger charge is -2.15. The maximum absolute atomic E-state index is 11.7. The van der Waals surface area contributed by atoms with Gasteiger partial charge in [-0.3, -0.25) is 0 Å². The second-order valence-electron chi connectivity index (χ2n) is 5.84. The molecule has 7 nitrogen and oxygen atoms in total. The van der Waals surface area contributed by atoms with Crippen LogP contribution in [-0.4, -0.2) is 46.9 Å². The van der Waals surface area contributed by atoms with Crippen molar-refractivity contribution in [2.75, 3.05) is 19.7 Å². The molecule has 2 aromatic rings. The molecule has 1 saturated heterocycles. The van der Waals surface area contributed by atoms with E-state index in [9.17, 15) is 4.79 Å². The van der Waals surface area contributed by atoms with E-state index in [1.165, 1.54) is 0 Å². The van der Waals surface area contributed by atoms with E-state index in [-0.39, 0.29) is 12.1 Å². The van der Waals surface area contributed by atoms with E-state index < -0.39 is 0 Å². The van der Waals surface area contributed by atoms with E-state index in [1.54, 1.807) is 4.90 Å². The van der Waals surface area contributed by atoms with Gasteiger partial charge in [0.2, 0.25) is 11.7 Å². The quantitative estimate of drug-likeness (QED) is 0.906. The maximum atomic E-state index is 11.7. The van der Waals surface area contributed by atoms with E-state index in [0.717, 1.165) is 17.5 Å². The Labute approximate surface area is 141 Å². The molecule has 1 aliphatic rings. The lowest BCUT2D eigenvalue weighted by atomic mass is 10.1. The summed E-state index contributed by atoms with van der Waals surface area (Å²) in [4.78, 5) is 17.8. The molecule has 7 heteroatoms. The van der Waals surface area contributed by atoms with Gasteiger partial charge < -0.3 is 19.5 Å². The molecule has 24 heavy (non-hydrogen) atoms. The van der Waals surface area contributed by atoms with Crippen LogP contribution in [0, 0.1) is 6.92 Å². The van der Waals surface area contributed by atoms with Crippen molar-refractivity contribution >= 4 is 6.09 Å². The van der Waals surface area contributed by atoms with Gasteiger partial charge in [-0.15, -0.1) is 0 Å². The van der Waals surface area contributed by atoms with Gasteiger partial charge in [0.25, 0.3) is 0 Å². The predicted octanol–water partition coefficient (Wildman–Crippen LogP) is 2.37. The Morgan fingerprint density at radius 3 is 3.08 bits per heavy atom. The first-order chi connectivity index (χ1) is 11.7. The highest BCUT2D eigenvalue weighted by Gasteiger charge is 2.27. The second kappa shape index (κ2) is 7.44. The number of carbonyl (C=O) groups excluding carboxylic acids is 1. The normalized spacial score (nSPS) is 17.2. The number of benzene rings is 1. The summed E-state index contributed by atoms with van der Waals surface area (Å²) < 4.78 is 10.3. The molecule has 128 valence electrons. The average Bonchev–Trinajstić information content (AvgIpc) is 3.23. The average molecular weight is 330 g/mol. The number of hydrogen-bond donors (Lipinski definition) is 1. The Balaban J connectivity index is 1.53. The fourth-order valence-corrected chi connectivity index (χ4v) is 2.80. The number of aryl methyl sites for hydroxylation is 1. The molecule has 0 bridgehead atoms. The third-order valence-corrected chi connectivity index (χ3v) is 4.11. The minimum absolute atomic E-state index is 0.211. The van der Waals surface area contributed by atoms with Gasteiger partial charge >= 0.3 is 6.09 Å². The molecule has 0 radical (unpaired) electrons. The zero-order valence-electron chi connectivity index (χ0n) is 14.0. The van der Waals surface area contributed by atoms with Gasteiger partial charge in [0, 0.05) is 24.7 Å². The number of likely N-dealkylation sites (tertiary alicyclic amines) is 1. The molecule has 0 aliphatic carbocycles. The van der Waals surface area contributed by atoms with Crippen LogP contribution in [0.3, 0.4) is 0 Å². The molecule has 1 fully saturated rings. The Hall–Kier alpha value is -2.41.